The Hall–Kier alpha value is -2.57. The molecule has 7 nitrogen and oxygen atoms in total. The van der Waals surface area contributed by atoms with E-state index in [2.05, 4.69) is 5.32 Å². The molecule has 5 unspecified atom stereocenters. The third-order valence-electron chi connectivity index (χ3n) is 9.59. The molecule has 3 saturated carbocycles. The van der Waals surface area contributed by atoms with Gasteiger partial charge in [-0.3, -0.25) is 9.59 Å². The van der Waals surface area contributed by atoms with E-state index in [-0.39, 0.29) is 23.9 Å². The van der Waals surface area contributed by atoms with Gasteiger partial charge in [0.05, 0.1) is 0 Å². The fourth-order valence-corrected chi connectivity index (χ4v) is 7.62. The molecule has 1 heterocycles. The molecule has 0 spiro atoms. The zero-order chi connectivity index (χ0) is 25.4. The molecule has 3 bridgehead atoms. The summed E-state index contributed by atoms with van der Waals surface area (Å²) in [6.45, 7) is 3.50. The molecule has 5 atom stereocenters. The summed E-state index contributed by atoms with van der Waals surface area (Å²) in [5.41, 5.74) is 1.71. The van der Waals surface area contributed by atoms with Crippen molar-refractivity contribution in [1.29, 1.82) is 0 Å². The molecule has 1 N–H and O–H groups in total. The van der Waals surface area contributed by atoms with Crippen LogP contribution in [0.25, 0.3) is 0 Å². The number of carbonyl (C=O) groups is 3. The van der Waals surface area contributed by atoms with E-state index in [9.17, 15) is 14.4 Å². The number of nitrogens with one attached hydrogen (secondary N) is 1. The number of fused-ring (bicyclic) bond motifs is 2. The smallest absolute Gasteiger partial charge is 0.320 e. The van der Waals surface area contributed by atoms with E-state index in [4.69, 9.17) is 0 Å². The minimum atomic E-state index is -0.0179. The summed E-state index contributed by atoms with van der Waals surface area (Å²) >= 11 is 0. The summed E-state index contributed by atoms with van der Waals surface area (Å²) < 4.78 is 0. The molecule has 7 heteroatoms. The van der Waals surface area contributed by atoms with Gasteiger partial charge in [0.15, 0.2) is 0 Å². The van der Waals surface area contributed by atoms with Gasteiger partial charge in [0.25, 0.3) is 5.91 Å². The second-order valence-corrected chi connectivity index (χ2v) is 11.9. The molecule has 4 aliphatic rings. The molecule has 0 radical (unpaired) electrons. The topological polar surface area (TPSA) is 73.0 Å². The van der Waals surface area contributed by atoms with E-state index < -0.39 is 0 Å². The van der Waals surface area contributed by atoms with Crippen LogP contribution in [-0.2, 0) is 11.3 Å². The van der Waals surface area contributed by atoms with E-state index in [0.717, 1.165) is 42.6 Å². The third kappa shape index (κ3) is 5.25. The maximum atomic E-state index is 13.1. The lowest BCUT2D eigenvalue weighted by molar-refractivity contribution is -0.130. The number of hydrogen-bond acceptors (Lipinski definition) is 3. The lowest BCUT2D eigenvalue weighted by Gasteiger charge is -2.37. The number of nitrogens with zero attached hydrogens (tertiary/aromatic N) is 3. The van der Waals surface area contributed by atoms with Gasteiger partial charge in [-0.2, -0.15) is 0 Å². The summed E-state index contributed by atoms with van der Waals surface area (Å²) in [6, 6.07) is 8.16. The van der Waals surface area contributed by atoms with Gasteiger partial charge in [-0.1, -0.05) is 12.1 Å². The average molecular weight is 495 g/mol. The Kier molecular flexibility index (Phi) is 7.27. The van der Waals surface area contributed by atoms with Crippen LogP contribution in [0.4, 0.5) is 4.79 Å². The second kappa shape index (κ2) is 10.4. The van der Waals surface area contributed by atoms with E-state index in [1.54, 1.807) is 11.8 Å². The highest BCUT2D eigenvalue weighted by Gasteiger charge is 2.46. The zero-order valence-corrected chi connectivity index (χ0v) is 22.1. The van der Waals surface area contributed by atoms with Gasteiger partial charge in [0.1, 0.15) is 0 Å². The number of benzene rings is 1. The summed E-state index contributed by atoms with van der Waals surface area (Å²) in [4.78, 5) is 43.0. The molecule has 196 valence electrons. The summed E-state index contributed by atoms with van der Waals surface area (Å²) in [7, 11) is 3.67. The lowest BCUT2D eigenvalue weighted by atomic mass is 9.80. The van der Waals surface area contributed by atoms with Crippen LogP contribution in [-0.4, -0.2) is 71.8 Å². The second-order valence-electron chi connectivity index (χ2n) is 11.9. The predicted octanol–water partition coefficient (Wildman–Crippen LogP) is 4.13. The van der Waals surface area contributed by atoms with Crippen molar-refractivity contribution in [3.63, 3.8) is 0 Å². The van der Waals surface area contributed by atoms with E-state index in [1.807, 2.05) is 48.2 Å². The van der Waals surface area contributed by atoms with Gasteiger partial charge in [-0.05, 0) is 92.7 Å². The number of piperidine rings is 1. The molecule has 1 aromatic carbocycles. The lowest BCUT2D eigenvalue weighted by Crippen LogP contribution is -2.49. The summed E-state index contributed by atoms with van der Waals surface area (Å²) in [6.07, 6.45) is 9.47. The van der Waals surface area contributed by atoms with E-state index in [0.29, 0.717) is 37.2 Å². The molecule has 3 aliphatic carbocycles. The maximum absolute atomic E-state index is 13.1. The first kappa shape index (κ1) is 25.1. The molecule has 0 aromatic heterocycles. The van der Waals surface area contributed by atoms with Gasteiger partial charge < -0.3 is 20.0 Å². The molecular weight excluding hydrogens is 452 g/mol. The predicted molar refractivity (Wildman–Crippen MR) is 139 cm³/mol. The fraction of sp³-hybridized carbons (Fsp3) is 0.690. The minimum Gasteiger partial charge on any atom is -0.349 e. The number of hydrogen-bond donors (Lipinski definition) is 1. The van der Waals surface area contributed by atoms with Gasteiger partial charge in [-0.15, -0.1) is 0 Å². The van der Waals surface area contributed by atoms with Crippen LogP contribution in [0.15, 0.2) is 24.3 Å². The SMILES string of the molecule is CC(=O)N1CCC(N(C)C(=O)N(C)Cc2ccc(C(=O)NC3CCC4CC5CC(C4)C3C5)cc2)CC1. The van der Waals surface area contributed by atoms with Crippen LogP contribution in [0.2, 0.25) is 0 Å². The highest BCUT2D eigenvalue weighted by atomic mass is 16.2. The Morgan fingerprint density at radius 2 is 1.61 bits per heavy atom. The summed E-state index contributed by atoms with van der Waals surface area (Å²) in [5, 5.41) is 3.39. The van der Waals surface area contributed by atoms with Crippen molar-refractivity contribution in [3.8, 4) is 0 Å². The monoisotopic (exact) mass is 494 g/mol. The Morgan fingerprint density at radius 1 is 0.917 bits per heavy atom. The highest BCUT2D eigenvalue weighted by molar-refractivity contribution is 5.94. The average Bonchev–Trinajstić information content (AvgIpc) is 3.13. The van der Waals surface area contributed by atoms with E-state index in [1.165, 1.54) is 32.1 Å². The van der Waals surface area contributed by atoms with Crippen LogP contribution in [0.3, 0.4) is 0 Å². The number of carbonyl (C=O) groups excluding carboxylic acids is 3. The van der Waals surface area contributed by atoms with Crippen LogP contribution < -0.4 is 5.32 Å². The van der Waals surface area contributed by atoms with Crippen LogP contribution in [0, 0.1) is 23.7 Å². The molecule has 1 saturated heterocycles. The van der Waals surface area contributed by atoms with Crippen LogP contribution >= 0.6 is 0 Å². The van der Waals surface area contributed by atoms with Crippen molar-refractivity contribution in [2.45, 2.75) is 76.9 Å². The van der Waals surface area contributed by atoms with E-state index >= 15 is 0 Å². The molecule has 1 aromatic rings. The quantitative estimate of drug-likeness (QED) is 0.669. The molecule has 1 aliphatic heterocycles. The number of rotatable bonds is 5. The van der Waals surface area contributed by atoms with Crippen molar-refractivity contribution >= 4 is 17.8 Å². The van der Waals surface area contributed by atoms with Crippen molar-refractivity contribution in [2.24, 2.45) is 23.7 Å². The summed E-state index contributed by atoms with van der Waals surface area (Å²) in [5.74, 6) is 3.39. The number of likely N-dealkylation sites (tertiary alicyclic amines) is 1. The largest absolute Gasteiger partial charge is 0.349 e. The molecule has 5 rings (SSSR count). The Balaban J connectivity index is 1.13. The Labute approximate surface area is 215 Å². The minimum absolute atomic E-state index is 0.0179. The third-order valence-corrected chi connectivity index (χ3v) is 9.59. The molecule has 36 heavy (non-hydrogen) atoms. The van der Waals surface area contributed by atoms with Crippen molar-refractivity contribution in [2.75, 3.05) is 27.2 Å². The Morgan fingerprint density at radius 3 is 2.31 bits per heavy atom. The van der Waals surface area contributed by atoms with Crippen molar-refractivity contribution in [1.82, 2.24) is 20.0 Å². The van der Waals surface area contributed by atoms with Gasteiger partial charge >= 0.3 is 6.03 Å². The van der Waals surface area contributed by atoms with Crippen molar-refractivity contribution < 1.29 is 14.4 Å². The number of amides is 4. The van der Waals surface area contributed by atoms with Gasteiger partial charge in [-0.25, -0.2) is 4.79 Å². The molecule has 4 amide bonds. The number of urea groups is 1. The zero-order valence-electron chi connectivity index (χ0n) is 22.1. The first-order valence-corrected chi connectivity index (χ1v) is 13.9. The van der Waals surface area contributed by atoms with Crippen LogP contribution in [0.5, 0.6) is 0 Å². The normalized spacial score (nSPS) is 29.5. The highest BCUT2D eigenvalue weighted by Crippen LogP contribution is 2.53. The molecule has 4 fully saturated rings. The van der Waals surface area contributed by atoms with Crippen LogP contribution in [0.1, 0.15) is 74.2 Å². The van der Waals surface area contributed by atoms with Gasteiger partial charge in [0, 0.05) is 58.3 Å². The van der Waals surface area contributed by atoms with Crippen molar-refractivity contribution in [3.05, 3.63) is 35.4 Å². The molecular formula is C29H42N4O3. The standard InChI is InChI=1S/C29H42N4O3/c1-19(34)33-12-10-25(11-13-33)32(3)29(36)31(2)18-20-4-7-23(8-5-20)28(35)30-27-9-6-21-14-22-16-24(15-21)26(27)17-22/h4-5,7-8,21-22,24-27H,6,9-18H2,1-3H3,(H,30,35). The van der Waals surface area contributed by atoms with Gasteiger partial charge in [0.2, 0.25) is 5.91 Å². The Bertz CT molecular complexity index is 971. The fourth-order valence-electron chi connectivity index (χ4n) is 7.62. The first-order valence-electron chi connectivity index (χ1n) is 13.9. The first-order chi connectivity index (χ1) is 17.3. The maximum Gasteiger partial charge on any atom is 0.320 e.